The monoisotopic (exact) mass is 385 g/mol. The molecule has 2 aromatic rings. The lowest BCUT2D eigenvalue weighted by Crippen LogP contribution is -2.34. The maximum absolute atomic E-state index is 12.0. The van der Waals surface area contributed by atoms with Crippen LogP contribution < -0.4 is 19.5 Å². The number of aliphatic hydroxyl groups is 1. The van der Waals surface area contributed by atoms with Gasteiger partial charge in [0, 0.05) is 12.6 Å². The molecule has 0 heterocycles. The molecule has 0 aromatic heterocycles. The summed E-state index contributed by atoms with van der Waals surface area (Å²) in [6.07, 6.45) is 2.27. The van der Waals surface area contributed by atoms with Crippen LogP contribution in [0.2, 0.25) is 0 Å². The van der Waals surface area contributed by atoms with Gasteiger partial charge in [-0.1, -0.05) is 24.3 Å². The van der Waals surface area contributed by atoms with Crippen molar-refractivity contribution in [1.29, 1.82) is 0 Å². The van der Waals surface area contributed by atoms with Gasteiger partial charge in [-0.15, -0.1) is 0 Å². The molecule has 1 atom stereocenters. The second-order valence-electron chi connectivity index (χ2n) is 6.15. The Hall–Kier alpha value is -2.99. The first-order chi connectivity index (χ1) is 13.5. The van der Waals surface area contributed by atoms with E-state index in [-0.39, 0.29) is 19.1 Å². The number of methoxy groups -OCH3 is 1. The van der Waals surface area contributed by atoms with Crippen molar-refractivity contribution in [3.63, 3.8) is 0 Å². The molecule has 28 heavy (non-hydrogen) atoms. The Labute approximate surface area is 165 Å². The summed E-state index contributed by atoms with van der Waals surface area (Å²) in [6, 6.07) is 13.0. The number of hydrogen-bond acceptors (Lipinski definition) is 5. The number of rotatable bonds is 10. The van der Waals surface area contributed by atoms with E-state index in [1.54, 1.807) is 25.3 Å². The third-order valence-corrected chi connectivity index (χ3v) is 3.95. The van der Waals surface area contributed by atoms with Crippen molar-refractivity contribution in [3.8, 4) is 17.2 Å². The van der Waals surface area contributed by atoms with E-state index in [0.717, 1.165) is 16.9 Å². The molecular formula is C22H27NO5. The van der Waals surface area contributed by atoms with Crippen LogP contribution in [0.25, 0.3) is 6.08 Å². The van der Waals surface area contributed by atoms with Crippen molar-refractivity contribution in [2.75, 3.05) is 26.9 Å². The first kappa shape index (κ1) is 21.3. The predicted molar refractivity (Wildman–Crippen MR) is 109 cm³/mol. The maximum atomic E-state index is 12.0. The van der Waals surface area contributed by atoms with E-state index in [9.17, 15) is 9.90 Å². The van der Waals surface area contributed by atoms with Crippen molar-refractivity contribution >= 4 is 12.0 Å². The van der Waals surface area contributed by atoms with Gasteiger partial charge in [0.25, 0.3) is 0 Å². The molecule has 6 heteroatoms. The predicted octanol–water partition coefficient (Wildman–Crippen LogP) is 2.97. The lowest BCUT2D eigenvalue weighted by molar-refractivity contribution is -0.117. The Morgan fingerprint density at radius 3 is 2.64 bits per heavy atom. The van der Waals surface area contributed by atoms with Gasteiger partial charge >= 0.3 is 0 Å². The minimum Gasteiger partial charge on any atom is -0.493 e. The molecule has 2 aromatic carbocycles. The summed E-state index contributed by atoms with van der Waals surface area (Å²) >= 11 is 0. The van der Waals surface area contributed by atoms with Crippen LogP contribution in [0, 0.1) is 6.92 Å². The van der Waals surface area contributed by atoms with E-state index in [1.165, 1.54) is 6.08 Å². The van der Waals surface area contributed by atoms with Crippen molar-refractivity contribution in [3.05, 3.63) is 59.7 Å². The normalized spacial score (nSPS) is 11.9. The standard InChI is InChI=1S/C22H27NO5/c1-4-27-20-11-9-17(13-21(20)26-3)10-12-22(25)23-14-18(24)15-28-19-8-6-5-7-16(19)2/h5-13,18,24H,4,14-15H2,1-3H3,(H,23,25)/b12-10+. The molecular weight excluding hydrogens is 358 g/mol. The van der Waals surface area contributed by atoms with Gasteiger partial charge in [0.1, 0.15) is 18.5 Å². The average Bonchev–Trinajstić information content (AvgIpc) is 2.71. The summed E-state index contributed by atoms with van der Waals surface area (Å²) in [4.78, 5) is 12.0. The van der Waals surface area contributed by atoms with Gasteiger partial charge in [0.05, 0.1) is 13.7 Å². The number of aryl methyl sites for hydroxylation is 1. The van der Waals surface area contributed by atoms with Crippen molar-refractivity contribution < 1.29 is 24.1 Å². The molecule has 150 valence electrons. The number of ether oxygens (including phenoxy) is 3. The molecule has 0 fully saturated rings. The van der Waals surface area contributed by atoms with Gasteiger partial charge < -0.3 is 24.6 Å². The molecule has 0 saturated heterocycles. The highest BCUT2D eigenvalue weighted by Gasteiger charge is 2.08. The van der Waals surface area contributed by atoms with Crippen LogP contribution in [0.4, 0.5) is 0 Å². The second-order valence-corrected chi connectivity index (χ2v) is 6.15. The van der Waals surface area contributed by atoms with Crippen LogP contribution in [-0.2, 0) is 4.79 Å². The van der Waals surface area contributed by atoms with Crippen LogP contribution in [0.3, 0.4) is 0 Å². The van der Waals surface area contributed by atoms with E-state index in [2.05, 4.69) is 5.32 Å². The lowest BCUT2D eigenvalue weighted by Gasteiger charge is -2.14. The molecule has 0 aliphatic rings. The van der Waals surface area contributed by atoms with Crippen LogP contribution in [0.15, 0.2) is 48.5 Å². The van der Waals surface area contributed by atoms with Gasteiger partial charge in [-0.3, -0.25) is 4.79 Å². The molecule has 0 spiro atoms. The Kier molecular flexibility index (Phi) is 8.37. The molecule has 1 amide bonds. The van der Waals surface area contributed by atoms with Crippen LogP contribution in [0.1, 0.15) is 18.1 Å². The molecule has 0 saturated carbocycles. The quantitative estimate of drug-likeness (QED) is 0.615. The Bertz CT molecular complexity index is 803. The largest absolute Gasteiger partial charge is 0.493 e. The topological polar surface area (TPSA) is 77.0 Å². The highest BCUT2D eigenvalue weighted by Crippen LogP contribution is 2.28. The zero-order valence-corrected chi connectivity index (χ0v) is 16.5. The molecule has 2 N–H and O–H groups in total. The number of nitrogens with one attached hydrogen (secondary N) is 1. The summed E-state index contributed by atoms with van der Waals surface area (Å²) in [6.45, 7) is 4.58. The molecule has 0 aliphatic heterocycles. The zero-order chi connectivity index (χ0) is 20.4. The molecule has 2 rings (SSSR count). The number of para-hydroxylation sites is 1. The van der Waals surface area contributed by atoms with Crippen molar-refractivity contribution in [2.24, 2.45) is 0 Å². The highest BCUT2D eigenvalue weighted by molar-refractivity contribution is 5.91. The number of carbonyl (C=O) groups is 1. The summed E-state index contributed by atoms with van der Waals surface area (Å²) < 4.78 is 16.3. The number of carbonyl (C=O) groups excluding carboxylic acids is 1. The number of amides is 1. The van der Waals surface area contributed by atoms with Crippen LogP contribution >= 0.6 is 0 Å². The van der Waals surface area contributed by atoms with Gasteiger partial charge in [0.2, 0.25) is 5.91 Å². The van der Waals surface area contributed by atoms with Crippen molar-refractivity contribution in [1.82, 2.24) is 5.32 Å². The number of hydrogen-bond donors (Lipinski definition) is 2. The second kappa shape index (κ2) is 11.0. The summed E-state index contributed by atoms with van der Waals surface area (Å²) in [5, 5.41) is 12.6. The fourth-order valence-corrected chi connectivity index (χ4v) is 2.48. The molecule has 0 bridgehead atoms. The first-order valence-corrected chi connectivity index (χ1v) is 9.16. The first-order valence-electron chi connectivity index (χ1n) is 9.16. The van der Waals surface area contributed by atoms with E-state index in [0.29, 0.717) is 18.1 Å². The Morgan fingerprint density at radius 1 is 1.14 bits per heavy atom. The van der Waals surface area contributed by atoms with Crippen molar-refractivity contribution in [2.45, 2.75) is 20.0 Å². The number of aliphatic hydroxyl groups excluding tert-OH is 1. The fraction of sp³-hybridized carbons (Fsp3) is 0.318. The molecule has 0 aliphatic carbocycles. The molecule has 0 radical (unpaired) electrons. The lowest BCUT2D eigenvalue weighted by atomic mass is 10.2. The van der Waals surface area contributed by atoms with Crippen LogP contribution in [0.5, 0.6) is 17.2 Å². The van der Waals surface area contributed by atoms with E-state index >= 15 is 0 Å². The third kappa shape index (κ3) is 6.63. The molecule has 1 unspecified atom stereocenters. The van der Waals surface area contributed by atoms with Crippen LogP contribution in [-0.4, -0.2) is 44.0 Å². The van der Waals surface area contributed by atoms with Gasteiger partial charge in [-0.05, 0) is 49.2 Å². The van der Waals surface area contributed by atoms with E-state index < -0.39 is 6.10 Å². The zero-order valence-electron chi connectivity index (χ0n) is 16.5. The Morgan fingerprint density at radius 2 is 1.93 bits per heavy atom. The van der Waals surface area contributed by atoms with Gasteiger partial charge in [-0.2, -0.15) is 0 Å². The Balaban J connectivity index is 1.80. The van der Waals surface area contributed by atoms with E-state index in [1.807, 2.05) is 44.2 Å². The third-order valence-electron chi connectivity index (χ3n) is 3.95. The van der Waals surface area contributed by atoms with Gasteiger partial charge in [0.15, 0.2) is 11.5 Å². The smallest absolute Gasteiger partial charge is 0.244 e. The minimum atomic E-state index is -0.803. The van der Waals surface area contributed by atoms with Gasteiger partial charge in [-0.25, -0.2) is 0 Å². The minimum absolute atomic E-state index is 0.0989. The number of benzene rings is 2. The summed E-state index contributed by atoms with van der Waals surface area (Å²) in [5.41, 5.74) is 1.80. The summed E-state index contributed by atoms with van der Waals surface area (Å²) in [5.74, 6) is 1.68. The molecule has 6 nitrogen and oxygen atoms in total. The highest BCUT2D eigenvalue weighted by atomic mass is 16.5. The average molecular weight is 385 g/mol. The SMILES string of the molecule is CCOc1ccc(/C=C/C(=O)NCC(O)COc2ccccc2C)cc1OC. The maximum Gasteiger partial charge on any atom is 0.244 e. The summed E-state index contributed by atoms with van der Waals surface area (Å²) in [7, 11) is 1.57. The van der Waals surface area contributed by atoms with E-state index in [4.69, 9.17) is 14.2 Å². The fourth-order valence-electron chi connectivity index (χ4n) is 2.48.